The molecule has 0 bridgehead atoms. The summed E-state index contributed by atoms with van der Waals surface area (Å²) in [7, 11) is 1.72. The van der Waals surface area contributed by atoms with Gasteiger partial charge in [0.25, 0.3) is 5.91 Å². The number of aryl methyl sites for hydroxylation is 1. The van der Waals surface area contributed by atoms with E-state index in [9.17, 15) is 9.18 Å². The molecule has 4 atom stereocenters. The molecule has 1 aromatic rings. The lowest BCUT2D eigenvalue weighted by Gasteiger charge is -2.34. The number of rotatable bonds is 10. The van der Waals surface area contributed by atoms with Crippen LogP contribution < -0.4 is 27.0 Å². The van der Waals surface area contributed by atoms with Crippen molar-refractivity contribution in [2.24, 2.45) is 5.73 Å². The zero-order chi connectivity index (χ0) is 24.0. The van der Waals surface area contributed by atoms with Gasteiger partial charge in [-0.15, -0.1) is 0 Å². The number of methoxy groups -OCH3 is 1. The molecular weight excluding hydrogens is 421 g/mol. The second-order valence-corrected chi connectivity index (χ2v) is 9.33. The number of nitrogens with one attached hydrogen (secondary N) is 4. The smallest absolute Gasteiger partial charge is 0.251 e. The van der Waals surface area contributed by atoms with Gasteiger partial charge in [0.15, 0.2) is 0 Å². The summed E-state index contributed by atoms with van der Waals surface area (Å²) in [6.07, 6.45) is 7.96. The van der Waals surface area contributed by atoms with Crippen molar-refractivity contribution in [2.45, 2.75) is 89.8 Å². The quantitative estimate of drug-likeness (QED) is 0.344. The Bertz CT molecular complexity index is 838. The topological polar surface area (TPSA) is 100 Å². The maximum atomic E-state index is 14.2. The van der Waals surface area contributed by atoms with Crippen molar-refractivity contribution in [3.8, 4) is 0 Å². The molecule has 33 heavy (non-hydrogen) atoms. The molecule has 0 radical (unpaired) electrons. The van der Waals surface area contributed by atoms with Crippen LogP contribution in [0.5, 0.6) is 0 Å². The number of hydrogen-bond donors (Lipinski definition) is 5. The predicted octanol–water partition coefficient (Wildman–Crippen LogP) is 3.00. The summed E-state index contributed by atoms with van der Waals surface area (Å²) in [5.41, 5.74) is 8.26. The Morgan fingerprint density at radius 2 is 2.03 bits per heavy atom. The highest BCUT2D eigenvalue weighted by molar-refractivity contribution is 6.01. The fourth-order valence-corrected chi connectivity index (χ4v) is 4.76. The molecule has 2 aliphatic rings. The van der Waals surface area contributed by atoms with E-state index in [-0.39, 0.29) is 23.9 Å². The number of carbonyl (C=O) groups excluding carboxylic acids is 1. The highest BCUT2D eigenvalue weighted by atomic mass is 19.1. The van der Waals surface area contributed by atoms with Gasteiger partial charge >= 0.3 is 0 Å². The number of amides is 1. The van der Waals surface area contributed by atoms with Crippen molar-refractivity contribution in [1.82, 2.24) is 16.0 Å². The van der Waals surface area contributed by atoms with Crippen LogP contribution in [0.15, 0.2) is 17.7 Å². The molecule has 1 amide bonds. The predicted molar refractivity (Wildman–Crippen MR) is 131 cm³/mol. The van der Waals surface area contributed by atoms with Gasteiger partial charge in [0.2, 0.25) is 0 Å². The molecule has 1 saturated carbocycles. The van der Waals surface area contributed by atoms with E-state index in [1.807, 2.05) is 0 Å². The summed E-state index contributed by atoms with van der Waals surface area (Å²) in [4.78, 5) is 12.9. The van der Waals surface area contributed by atoms with Crippen molar-refractivity contribution < 1.29 is 13.9 Å². The maximum absolute atomic E-state index is 14.2. The first kappa shape index (κ1) is 25.6. The van der Waals surface area contributed by atoms with E-state index in [0.717, 1.165) is 12.0 Å². The molecule has 1 aliphatic heterocycles. The van der Waals surface area contributed by atoms with E-state index >= 15 is 0 Å². The largest absolute Gasteiger partial charge is 0.379 e. The molecule has 1 fully saturated rings. The molecule has 7 nitrogen and oxygen atoms in total. The summed E-state index contributed by atoms with van der Waals surface area (Å²) < 4.78 is 20.0. The molecule has 184 valence electrons. The van der Waals surface area contributed by atoms with Crippen LogP contribution in [0.1, 0.15) is 63.5 Å². The minimum atomic E-state index is -0.497. The van der Waals surface area contributed by atoms with Crippen molar-refractivity contribution in [3.05, 3.63) is 34.6 Å². The van der Waals surface area contributed by atoms with Crippen LogP contribution in [-0.4, -0.2) is 50.1 Å². The first-order valence-electron chi connectivity index (χ1n) is 12.2. The van der Waals surface area contributed by atoms with Gasteiger partial charge < -0.3 is 26.4 Å². The second kappa shape index (κ2) is 11.9. The number of ether oxygens (including phenoxy) is 1. The van der Waals surface area contributed by atoms with Crippen molar-refractivity contribution in [3.63, 3.8) is 0 Å². The van der Waals surface area contributed by atoms with Crippen LogP contribution in [0.2, 0.25) is 0 Å². The molecule has 6 N–H and O–H groups in total. The van der Waals surface area contributed by atoms with E-state index in [2.05, 4.69) is 28.2 Å². The molecule has 3 rings (SSSR count). The Labute approximate surface area is 197 Å². The molecule has 0 aromatic heterocycles. The molecule has 1 aliphatic carbocycles. The number of fused-ring (bicyclic) bond motifs is 1. The van der Waals surface area contributed by atoms with Gasteiger partial charge in [-0.3, -0.25) is 10.1 Å². The number of anilines is 1. The monoisotopic (exact) mass is 461 g/mol. The van der Waals surface area contributed by atoms with Gasteiger partial charge in [0.05, 0.1) is 17.8 Å². The zero-order valence-corrected chi connectivity index (χ0v) is 20.3. The minimum absolute atomic E-state index is 0.0763. The fourth-order valence-electron chi connectivity index (χ4n) is 4.76. The van der Waals surface area contributed by atoms with Crippen molar-refractivity contribution >= 4 is 17.7 Å². The minimum Gasteiger partial charge on any atom is -0.379 e. The lowest BCUT2D eigenvalue weighted by molar-refractivity contribution is -0.118. The van der Waals surface area contributed by atoms with E-state index in [4.69, 9.17) is 10.5 Å². The third kappa shape index (κ3) is 6.76. The number of nitrogens with two attached hydrogens (primary N) is 1. The maximum Gasteiger partial charge on any atom is 0.251 e. The normalized spacial score (nSPS) is 21.4. The molecule has 1 heterocycles. The van der Waals surface area contributed by atoms with Gasteiger partial charge in [-0.1, -0.05) is 26.2 Å². The van der Waals surface area contributed by atoms with Gasteiger partial charge in [-0.2, -0.15) is 0 Å². The zero-order valence-electron chi connectivity index (χ0n) is 20.3. The average Bonchev–Trinajstić information content (AvgIpc) is 2.79. The first-order chi connectivity index (χ1) is 15.8. The first-order valence-corrected chi connectivity index (χ1v) is 12.2. The van der Waals surface area contributed by atoms with Gasteiger partial charge in [0.1, 0.15) is 12.0 Å². The van der Waals surface area contributed by atoms with E-state index in [1.54, 1.807) is 33.1 Å². The fraction of sp³-hybridized carbons (Fsp3) is 0.640. The van der Waals surface area contributed by atoms with E-state index in [0.29, 0.717) is 29.4 Å². The van der Waals surface area contributed by atoms with Crippen LogP contribution in [0, 0.1) is 12.7 Å². The standard InChI is InChI=1S/C25H40FN5O2/c1-5-21(30-18-9-7-6-8-10-18)23(33-4)14-28-24-19(25(32)29-16(3)27)12-17-11-15(2)20(26)13-22(17)31-24/h11-13,16,18,21,23-24,28,30-31H,5-10,14,27H2,1-4H3,(H,29,32)/t16?,21-,23+,24?/m1/s1. The molecule has 0 saturated heterocycles. The van der Waals surface area contributed by atoms with Crippen molar-refractivity contribution in [1.29, 1.82) is 0 Å². The summed E-state index contributed by atoms with van der Waals surface area (Å²) in [5.74, 6) is -0.543. The summed E-state index contributed by atoms with van der Waals surface area (Å²) in [6, 6.07) is 3.95. The number of carbonyl (C=O) groups is 1. The Hall–Kier alpha value is -2.00. The van der Waals surface area contributed by atoms with E-state index < -0.39 is 12.3 Å². The lowest BCUT2D eigenvalue weighted by atomic mass is 9.93. The Morgan fingerprint density at radius 3 is 2.67 bits per heavy atom. The summed E-state index contributed by atoms with van der Waals surface area (Å²) in [5, 5.41) is 13.3. The molecule has 0 spiro atoms. The van der Waals surface area contributed by atoms with Crippen molar-refractivity contribution in [2.75, 3.05) is 19.0 Å². The van der Waals surface area contributed by atoms with Crippen LogP contribution in [0.4, 0.5) is 10.1 Å². The Kier molecular flexibility index (Phi) is 9.26. The number of hydrogen-bond acceptors (Lipinski definition) is 6. The molecule has 1 aromatic carbocycles. The highest BCUT2D eigenvalue weighted by Crippen LogP contribution is 2.29. The van der Waals surface area contributed by atoms with Crippen LogP contribution in [0.3, 0.4) is 0 Å². The van der Waals surface area contributed by atoms with Gasteiger partial charge in [-0.05, 0) is 62.4 Å². The van der Waals surface area contributed by atoms with Crippen LogP contribution >= 0.6 is 0 Å². The molecular formula is C25H40FN5O2. The average molecular weight is 462 g/mol. The van der Waals surface area contributed by atoms with Gasteiger partial charge in [0, 0.05) is 31.4 Å². The highest BCUT2D eigenvalue weighted by Gasteiger charge is 2.29. The van der Waals surface area contributed by atoms with Crippen LogP contribution in [0.25, 0.3) is 6.08 Å². The van der Waals surface area contributed by atoms with Gasteiger partial charge in [-0.25, -0.2) is 4.39 Å². The molecule has 2 unspecified atom stereocenters. The summed E-state index contributed by atoms with van der Waals surface area (Å²) in [6.45, 7) is 6.12. The Balaban J connectivity index is 1.74. The van der Waals surface area contributed by atoms with E-state index in [1.165, 1.54) is 38.2 Å². The van der Waals surface area contributed by atoms with Crippen LogP contribution in [-0.2, 0) is 9.53 Å². The third-order valence-electron chi connectivity index (χ3n) is 6.64. The lowest BCUT2D eigenvalue weighted by Crippen LogP contribution is -2.54. The number of benzene rings is 1. The SMILES string of the molecule is CC[C@@H](NC1CCCCC1)[C@H](CNC1Nc2cc(F)c(C)cc2C=C1C(=O)NC(C)N)OC. The third-order valence-corrected chi connectivity index (χ3v) is 6.64. The molecule has 8 heteroatoms. The summed E-state index contributed by atoms with van der Waals surface area (Å²) >= 11 is 0. The second-order valence-electron chi connectivity index (χ2n) is 9.33. The Morgan fingerprint density at radius 1 is 1.30 bits per heavy atom. The number of halogens is 1.